The van der Waals surface area contributed by atoms with Crippen molar-refractivity contribution in [3.8, 4) is 11.6 Å². The van der Waals surface area contributed by atoms with Gasteiger partial charge < -0.3 is 4.74 Å². The molecule has 16 heavy (non-hydrogen) atoms. The lowest BCUT2D eigenvalue weighted by Crippen LogP contribution is -1.89. The minimum Gasteiger partial charge on any atom is -0.439 e. The standard InChI is InChI=1S/C13H13NOS/c1-10-8-13(14-9-12(10)16-2)15-11-6-4-3-5-7-11/h3-9H,1-2H3. The number of rotatable bonds is 3. The summed E-state index contributed by atoms with van der Waals surface area (Å²) in [6, 6.07) is 11.6. The van der Waals surface area contributed by atoms with Gasteiger partial charge in [-0.2, -0.15) is 0 Å². The van der Waals surface area contributed by atoms with Crippen molar-refractivity contribution in [3.63, 3.8) is 0 Å². The summed E-state index contributed by atoms with van der Waals surface area (Å²) >= 11 is 1.69. The number of para-hydroxylation sites is 1. The summed E-state index contributed by atoms with van der Waals surface area (Å²) in [6.07, 6.45) is 3.89. The summed E-state index contributed by atoms with van der Waals surface area (Å²) < 4.78 is 5.64. The first-order valence-corrected chi connectivity index (χ1v) is 6.25. The molecule has 1 heterocycles. The zero-order valence-corrected chi connectivity index (χ0v) is 10.1. The number of hydrogen-bond donors (Lipinski definition) is 0. The molecule has 2 nitrogen and oxygen atoms in total. The molecule has 82 valence electrons. The summed E-state index contributed by atoms with van der Waals surface area (Å²) in [7, 11) is 0. The highest BCUT2D eigenvalue weighted by Crippen LogP contribution is 2.24. The number of benzene rings is 1. The number of thioether (sulfide) groups is 1. The second kappa shape index (κ2) is 5.03. The Hall–Kier alpha value is -1.48. The molecular weight excluding hydrogens is 218 g/mol. The van der Waals surface area contributed by atoms with Gasteiger partial charge in [0, 0.05) is 17.2 Å². The van der Waals surface area contributed by atoms with Crippen LogP contribution in [0, 0.1) is 6.92 Å². The predicted octanol–water partition coefficient (Wildman–Crippen LogP) is 3.90. The SMILES string of the molecule is CSc1cnc(Oc2ccccc2)cc1C. The predicted molar refractivity (Wildman–Crippen MR) is 67.3 cm³/mol. The molecule has 0 unspecified atom stereocenters. The van der Waals surface area contributed by atoms with E-state index in [0.29, 0.717) is 5.88 Å². The van der Waals surface area contributed by atoms with E-state index in [0.717, 1.165) is 5.75 Å². The fourth-order valence-electron chi connectivity index (χ4n) is 1.40. The fourth-order valence-corrected chi connectivity index (χ4v) is 1.94. The van der Waals surface area contributed by atoms with Crippen LogP contribution >= 0.6 is 11.8 Å². The maximum atomic E-state index is 5.64. The van der Waals surface area contributed by atoms with Gasteiger partial charge in [0.25, 0.3) is 0 Å². The summed E-state index contributed by atoms with van der Waals surface area (Å²) in [5.74, 6) is 1.45. The maximum absolute atomic E-state index is 5.64. The minimum absolute atomic E-state index is 0.640. The van der Waals surface area contributed by atoms with Gasteiger partial charge in [0.2, 0.25) is 5.88 Å². The zero-order chi connectivity index (χ0) is 11.4. The van der Waals surface area contributed by atoms with E-state index in [1.165, 1.54) is 10.5 Å². The van der Waals surface area contributed by atoms with E-state index in [2.05, 4.69) is 11.9 Å². The van der Waals surface area contributed by atoms with Crippen molar-refractivity contribution in [2.75, 3.05) is 6.26 Å². The van der Waals surface area contributed by atoms with Gasteiger partial charge in [0.05, 0.1) is 0 Å². The molecule has 2 aromatic rings. The van der Waals surface area contributed by atoms with Crippen LogP contribution in [0.4, 0.5) is 0 Å². The topological polar surface area (TPSA) is 22.1 Å². The molecule has 3 heteroatoms. The van der Waals surface area contributed by atoms with E-state index in [4.69, 9.17) is 4.74 Å². The van der Waals surface area contributed by atoms with Crippen LogP contribution in [0.5, 0.6) is 11.6 Å². The summed E-state index contributed by atoms with van der Waals surface area (Å²) in [5, 5.41) is 0. The van der Waals surface area contributed by atoms with Gasteiger partial charge in [-0.05, 0) is 30.9 Å². The van der Waals surface area contributed by atoms with Crippen LogP contribution in [0.3, 0.4) is 0 Å². The van der Waals surface area contributed by atoms with Crippen molar-refractivity contribution < 1.29 is 4.74 Å². The minimum atomic E-state index is 0.640. The fraction of sp³-hybridized carbons (Fsp3) is 0.154. The third kappa shape index (κ3) is 2.55. The lowest BCUT2D eigenvalue weighted by atomic mass is 10.3. The highest BCUT2D eigenvalue weighted by atomic mass is 32.2. The number of aromatic nitrogens is 1. The number of nitrogens with zero attached hydrogens (tertiary/aromatic N) is 1. The average Bonchev–Trinajstić information content (AvgIpc) is 2.31. The molecule has 1 aromatic heterocycles. The summed E-state index contributed by atoms with van der Waals surface area (Å²) in [4.78, 5) is 5.44. The third-order valence-corrected chi connectivity index (χ3v) is 3.09. The van der Waals surface area contributed by atoms with Crippen molar-refractivity contribution in [1.29, 1.82) is 0 Å². The molecular formula is C13H13NOS. The van der Waals surface area contributed by atoms with Crippen molar-refractivity contribution >= 4 is 11.8 Å². The molecule has 1 aromatic carbocycles. The first-order chi connectivity index (χ1) is 7.79. The molecule has 0 N–H and O–H groups in total. The average molecular weight is 231 g/mol. The van der Waals surface area contributed by atoms with E-state index in [9.17, 15) is 0 Å². The second-order valence-corrected chi connectivity index (χ2v) is 4.26. The van der Waals surface area contributed by atoms with Crippen LogP contribution in [-0.2, 0) is 0 Å². The van der Waals surface area contributed by atoms with Crippen molar-refractivity contribution in [2.24, 2.45) is 0 Å². The molecule has 0 saturated carbocycles. The Morgan fingerprint density at radius 2 is 1.94 bits per heavy atom. The normalized spacial score (nSPS) is 10.1. The maximum Gasteiger partial charge on any atom is 0.219 e. The second-order valence-electron chi connectivity index (χ2n) is 3.41. The van der Waals surface area contributed by atoms with E-state index in [-0.39, 0.29) is 0 Å². The Kier molecular flexibility index (Phi) is 3.47. The van der Waals surface area contributed by atoms with E-state index < -0.39 is 0 Å². The van der Waals surface area contributed by atoms with E-state index >= 15 is 0 Å². The Balaban J connectivity index is 2.20. The van der Waals surface area contributed by atoms with E-state index in [1.807, 2.05) is 48.9 Å². The van der Waals surface area contributed by atoms with Gasteiger partial charge in [-0.1, -0.05) is 18.2 Å². The van der Waals surface area contributed by atoms with Crippen LogP contribution in [0.1, 0.15) is 5.56 Å². The van der Waals surface area contributed by atoms with Crippen molar-refractivity contribution in [3.05, 3.63) is 48.2 Å². The van der Waals surface area contributed by atoms with Gasteiger partial charge in [-0.25, -0.2) is 4.98 Å². The Labute approximate surface area is 99.7 Å². The first kappa shape index (κ1) is 11.0. The highest BCUT2D eigenvalue weighted by Gasteiger charge is 2.02. The Morgan fingerprint density at radius 3 is 2.56 bits per heavy atom. The lowest BCUT2D eigenvalue weighted by molar-refractivity contribution is 0.461. The smallest absolute Gasteiger partial charge is 0.219 e. The summed E-state index contributed by atoms with van der Waals surface area (Å²) in [5.41, 5.74) is 1.19. The van der Waals surface area contributed by atoms with Crippen LogP contribution in [0.15, 0.2) is 47.5 Å². The number of ether oxygens (including phenoxy) is 1. The molecule has 0 radical (unpaired) electrons. The van der Waals surface area contributed by atoms with Gasteiger partial charge >= 0.3 is 0 Å². The largest absolute Gasteiger partial charge is 0.439 e. The number of pyridine rings is 1. The third-order valence-electron chi connectivity index (χ3n) is 2.22. The van der Waals surface area contributed by atoms with Crippen LogP contribution < -0.4 is 4.74 Å². The molecule has 0 aliphatic heterocycles. The van der Waals surface area contributed by atoms with Gasteiger partial charge in [-0.3, -0.25) is 0 Å². The molecule has 0 aliphatic carbocycles. The van der Waals surface area contributed by atoms with Crippen molar-refractivity contribution in [2.45, 2.75) is 11.8 Å². The Bertz CT molecular complexity index is 471. The molecule has 0 aliphatic rings. The number of aryl methyl sites for hydroxylation is 1. The molecule has 0 saturated heterocycles. The van der Waals surface area contributed by atoms with Crippen LogP contribution in [0.2, 0.25) is 0 Å². The van der Waals surface area contributed by atoms with Crippen molar-refractivity contribution in [1.82, 2.24) is 4.98 Å². The van der Waals surface area contributed by atoms with Crippen LogP contribution in [-0.4, -0.2) is 11.2 Å². The molecule has 0 amide bonds. The lowest BCUT2D eigenvalue weighted by Gasteiger charge is -2.07. The van der Waals surface area contributed by atoms with E-state index in [1.54, 1.807) is 11.8 Å². The molecule has 0 atom stereocenters. The molecule has 0 bridgehead atoms. The molecule has 2 rings (SSSR count). The quantitative estimate of drug-likeness (QED) is 0.748. The van der Waals surface area contributed by atoms with Gasteiger partial charge in [0.15, 0.2) is 0 Å². The van der Waals surface area contributed by atoms with Gasteiger partial charge in [0.1, 0.15) is 5.75 Å². The molecule has 0 fully saturated rings. The summed E-state index contributed by atoms with van der Waals surface area (Å²) in [6.45, 7) is 2.06. The highest BCUT2D eigenvalue weighted by molar-refractivity contribution is 7.98. The Morgan fingerprint density at radius 1 is 1.19 bits per heavy atom. The zero-order valence-electron chi connectivity index (χ0n) is 9.31. The van der Waals surface area contributed by atoms with Gasteiger partial charge in [-0.15, -0.1) is 11.8 Å². The number of hydrogen-bond acceptors (Lipinski definition) is 3. The molecule has 0 spiro atoms. The van der Waals surface area contributed by atoms with Crippen LogP contribution in [0.25, 0.3) is 0 Å². The monoisotopic (exact) mass is 231 g/mol. The first-order valence-electron chi connectivity index (χ1n) is 5.03.